The maximum Gasteiger partial charge on any atom is 0.193 e. The smallest absolute Gasteiger partial charge is 0.193 e. The van der Waals surface area contributed by atoms with Gasteiger partial charge in [-0.25, -0.2) is 0 Å². The summed E-state index contributed by atoms with van der Waals surface area (Å²) in [5.41, 5.74) is 0. The number of hydrogen-bond donors (Lipinski definition) is 2. The molecule has 0 spiro atoms. The van der Waals surface area contributed by atoms with Crippen molar-refractivity contribution in [3.63, 3.8) is 0 Å². The average Bonchev–Trinajstić information content (AvgIpc) is 2.77. The fourth-order valence-corrected chi connectivity index (χ4v) is 2.76. The Morgan fingerprint density at radius 3 is 2.79 bits per heavy atom. The first-order chi connectivity index (χ1) is 9.13. The standard InChI is InChI=1S/C14H23ClN2O2/c1-11(18)10-17-6-4-12(5-7-17)8-16-9-13-2-3-14(15)19-13/h2-3,11-12,16,18H,4-10H2,1H3/t11-/m0/s1. The molecular formula is C14H23ClN2O2. The van der Waals surface area contributed by atoms with Crippen LogP contribution in [-0.2, 0) is 6.54 Å². The van der Waals surface area contributed by atoms with Crippen molar-refractivity contribution in [3.05, 3.63) is 23.1 Å². The molecule has 4 nitrogen and oxygen atoms in total. The van der Waals surface area contributed by atoms with Gasteiger partial charge in [0.15, 0.2) is 5.22 Å². The molecule has 1 aromatic heterocycles. The van der Waals surface area contributed by atoms with Crippen molar-refractivity contribution in [3.8, 4) is 0 Å². The fraction of sp³-hybridized carbons (Fsp3) is 0.714. The van der Waals surface area contributed by atoms with E-state index >= 15 is 0 Å². The van der Waals surface area contributed by atoms with Crippen molar-refractivity contribution in [2.75, 3.05) is 26.2 Å². The summed E-state index contributed by atoms with van der Waals surface area (Å²) in [7, 11) is 0. The van der Waals surface area contributed by atoms with Crippen LogP contribution in [0.4, 0.5) is 0 Å². The molecule has 1 atom stereocenters. The number of likely N-dealkylation sites (tertiary alicyclic amines) is 1. The van der Waals surface area contributed by atoms with E-state index in [9.17, 15) is 5.11 Å². The zero-order chi connectivity index (χ0) is 13.7. The fourth-order valence-electron chi connectivity index (χ4n) is 2.59. The lowest BCUT2D eigenvalue weighted by molar-refractivity contribution is 0.0997. The monoisotopic (exact) mass is 286 g/mol. The van der Waals surface area contributed by atoms with E-state index in [-0.39, 0.29) is 6.10 Å². The van der Waals surface area contributed by atoms with E-state index in [1.54, 1.807) is 6.07 Å². The highest BCUT2D eigenvalue weighted by molar-refractivity contribution is 6.28. The Bertz CT molecular complexity index is 373. The maximum absolute atomic E-state index is 9.36. The van der Waals surface area contributed by atoms with Crippen LogP contribution in [0.25, 0.3) is 0 Å². The molecule has 2 N–H and O–H groups in total. The van der Waals surface area contributed by atoms with E-state index in [1.807, 2.05) is 13.0 Å². The third kappa shape index (κ3) is 5.15. The lowest BCUT2D eigenvalue weighted by atomic mass is 9.96. The molecule has 19 heavy (non-hydrogen) atoms. The molecular weight excluding hydrogens is 264 g/mol. The molecule has 2 heterocycles. The van der Waals surface area contributed by atoms with E-state index in [4.69, 9.17) is 16.0 Å². The summed E-state index contributed by atoms with van der Waals surface area (Å²) in [6.07, 6.45) is 2.16. The minimum Gasteiger partial charge on any atom is -0.448 e. The minimum absolute atomic E-state index is 0.224. The molecule has 2 rings (SSSR count). The quantitative estimate of drug-likeness (QED) is 0.841. The van der Waals surface area contributed by atoms with E-state index in [2.05, 4.69) is 10.2 Å². The van der Waals surface area contributed by atoms with Crippen LogP contribution in [0, 0.1) is 5.92 Å². The summed E-state index contributed by atoms with van der Waals surface area (Å²) in [6, 6.07) is 3.67. The molecule has 0 bridgehead atoms. The van der Waals surface area contributed by atoms with Crippen molar-refractivity contribution >= 4 is 11.6 Å². The second-order valence-electron chi connectivity index (χ2n) is 5.43. The number of furan rings is 1. The van der Waals surface area contributed by atoms with Gasteiger partial charge in [0, 0.05) is 6.54 Å². The van der Waals surface area contributed by atoms with E-state index < -0.39 is 0 Å². The lowest BCUT2D eigenvalue weighted by Gasteiger charge is -2.32. The molecule has 1 aliphatic heterocycles. The first kappa shape index (κ1) is 14.9. The van der Waals surface area contributed by atoms with Crippen LogP contribution in [0.5, 0.6) is 0 Å². The summed E-state index contributed by atoms with van der Waals surface area (Å²) in [4.78, 5) is 2.34. The molecule has 1 aromatic rings. The molecule has 0 saturated carbocycles. The van der Waals surface area contributed by atoms with Crippen molar-refractivity contribution < 1.29 is 9.52 Å². The predicted octanol–water partition coefficient (Wildman–Crippen LogP) is 2.12. The van der Waals surface area contributed by atoms with Crippen molar-refractivity contribution in [1.29, 1.82) is 0 Å². The Kier molecular flexibility index (Phi) is 5.70. The zero-order valence-electron chi connectivity index (χ0n) is 11.4. The van der Waals surface area contributed by atoms with Crippen molar-refractivity contribution in [2.45, 2.75) is 32.4 Å². The van der Waals surface area contributed by atoms with Crippen molar-refractivity contribution in [1.82, 2.24) is 10.2 Å². The zero-order valence-corrected chi connectivity index (χ0v) is 12.2. The highest BCUT2D eigenvalue weighted by atomic mass is 35.5. The van der Waals surface area contributed by atoms with Crippen LogP contribution in [-0.4, -0.2) is 42.3 Å². The first-order valence-corrected chi connectivity index (χ1v) is 7.36. The first-order valence-electron chi connectivity index (χ1n) is 6.99. The summed E-state index contributed by atoms with van der Waals surface area (Å²) in [6.45, 7) is 6.57. The second-order valence-corrected chi connectivity index (χ2v) is 5.80. The maximum atomic E-state index is 9.36. The SMILES string of the molecule is C[C@H](O)CN1CCC(CNCc2ccc(Cl)o2)CC1. The highest BCUT2D eigenvalue weighted by Crippen LogP contribution is 2.17. The molecule has 1 aliphatic rings. The highest BCUT2D eigenvalue weighted by Gasteiger charge is 2.19. The molecule has 108 valence electrons. The van der Waals surface area contributed by atoms with Crippen LogP contribution in [0.3, 0.4) is 0 Å². The van der Waals surface area contributed by atoms with Gasteiger partial charge in [0.1, 0.15) is 5.76 Å². The van der Waals surface area contributed by atoms with E-state index in [0.717, 1.165) is 44.4 Å². The van der Waals surface area contributed by atoms with Gasteiger partial charge in [-0.15, -0.1) is 0 Å². The van der Waals surface area contributed by atoms with Gasteiger partial charge in [0.05, 0.1) is 12.6 Å². The Hall–Kier alpha value is -0.550. The number of piperidine rings is 1. The van der Waals surface area contributed by atoms with Gasteiger partial charge in [0.2, 0.25) is 0 Å². The number of rotatable bonds is 6. The van der Waals surface area contributed by atoms with E-state index in [1.165, 1.54) is 12.8 Å². The van der Waals surface area contributed by atoms with E-state index in [0.29, 0.717) is 5.22 Å². The molecule has 0 amide bonds. The van der Waals surface area contributed by atoms with Gasteiger partial charge in [-0.3, -0.25) is 0 Å². The van der Waals surface area contributed by atoms with Crippen LogP contribution >= 0.6 is 11.6 Å². The van der Waals surface area contributed by atoms with Crippen LogP contribution in [0.1, 0.15) is 25.5 Å². The normalized spacial score (nSPS) is 19.7. The molecule has 0 radical (unpaired) electrons. The third-order valence-corrected chi connectivity index (χ3v) is 3.79. The summed E-state index contributed by atoms with van der Waals surface area (Å²) >= 11 is 5.73. The van der Waals surface area contributed by atoms with Crippen LogP contribution < -0.4 is 5.32 Å². The number of aliphatic hydroxyl groups excluding tert-OH is 1. The average molecular weight is 287 g/mol. The second kappa shape index (κ2) is 7.29. The summed E-state index contributed by atoms with van der Waals surface area (Å²) in [5.74, 6) is 1.60. The molecule has 0 unspecified atom stereocenters. The van der Waals surface area contributed by atoms with Gasteiger partial charge in [-0.1, -0.05) is 0 Å². The Morgan fingerprint density at radius 1 is 1.47 bits per heavy atom. The van der Waals surface area contributed by atoms with Crippen LogP contribution in [0.15, 0.2) is 16.5 Å². The van der Waals surface area contributed by atoms with Gasteiger partial charge in [-0.05, 0) is 69.1 Å². The van der Waals surface area contributed by atoms with Gasteiger partial charge < -0.3 is 19.7 Å². The molecule has 1 saturated heterocycles. The summed E-state index contributed by atoms with van der Waals surface area (Å²) in [5, 5.41) is 13.2. The van der Waals surface area contributed by atoms with Gasteiger partial charge in [0.25, 0.3) is 0 Å². The van der Waals surface area contributed by atoms with Gasteiger partial charge in [-0.2, -0.15) is 0 Å². The number of halogens is 1. The number of aliphatic hydroxyl groups is 1. The molecule has 5 heteroatoms. The molecule has 0 aromatic carbocycles. The Balaban J connectivity index is 1.60. The molecule has 1 fully saturated rings. The van der Waals surface area contributed by atoms with Gasteiger partial charge >= 0.3 is 0 Å². The lowest BCUT2D eigenvalue weighted by Crippen LogP contribution is -2.40. The van der Waals surface area contributed by atoms with Crippen molar-refractivity contribution in [2.24, 2.45) is 5.92 Å². The third-order valence-electron chi connectivity index (χ3n) is 3.59. The minimum atomic E-state index is -0.224. The topological polar surface area (TPSA) is 48.6 Å². The number of hydrogen-bond acceptors (Lipinski definition) is 4. The Labute approximate surface area is 119 Å². The van der Waals surface area contributed by atoms with Crippen LogP contribution in [0.2, 0.25) is 5.22 Å². The molecule has 0 aliphatic carbocycles. The summed E-state index contributed by atoms with van der Waals surface area (Å²) < 4.78 is 5.30. The number of nitrogens with zero attached hydrogens (tertiary/aromatic N) is 1. The Morgan fingerprint density at radius 2 is 2.21 bits per heavy atom. The largest absolute Gasteiger partial charge is 0.448 e. The predicted molar refractivity (Wildman–Crippen MR) is 76.3 cm³/mol. The number of nitrogens with one attached hydrogen (secondary N) is 1. The number of β-amino-alcohol motifs (C(OH)–C–C–N with tert-alkyl or cyclic N) is 1.